The van der Waals surface area contributed by atoms with Crippen LogP contribution in [0.5, 0.6) is 0 Å². The lowest BCUT2D eigenvalue weighted by atomic mass is 10.2. The lowest BCUT2D eigenvalue weighted by molar-refractivity contribution is 0.208. The number of nitrogens with one attached hydrogen (secondary N) is 1. The van der Waals surface area contributed by atoms with Gasteiger partial charge < -0.3 is 10.2 Å². The highest BCUT2D eigenvalue weighted by Crippen LogP contribution is 2.32. The number of nitriles is 1. The monoisotopic (exact) mass is 297 g/mol. The van der Waals surface area contributed by atoms with E-state index in [-0.39, 0.29) is 12.1 Å². The molecule has 1 N–H and O–H groups in total. The Balaban J connectivity index is 2.83. The molecule has 0 aliphatic carbocycles. The first kappa shape index (κ1) is 15.7. The number of carbonyl (C=O) groups is 1. The normalized spacial score (nSPS) is 11.5. The molecule has 1 atom stereocenters. The summed E-state index contributed by atoms with van der Waals surface area (Å²) in [7, 11) is 1.67. The summed E-state index contributed by atoms with van der Waals surface area (Å²) < 4.78 is 0. The summed E-state index contributed by atoms with van der Waals surface area (Å²) >= 11 is 7.55. The molecule has 0 radical (unpaired) electrons. The number of anilines is 1. The number of urea groups is 1. The fourth-order valence-corrected chi connectivity index (χ4v) is 2.50. The zero-order valence-electron chi connectivity index (χ0n) is 11.1. The van der Waals surface area contributed by atoms with Crippen LogP contribution in [0.4, 0.5) is 10.5 Å². The second-order valence-electron chi connectivity index (χ2n) is 4.07. The molecule has 0 fully saturated rings. The van der Waals surface area contributed by atoms with Gasteiger partial charge in [0.1, 0.15) is 0 Å². The fourth-order valence-electron chi connectivity index (χ4n) is 1.49. The van der Waals surface area contributed by atoms with Crippen molar-refractivity contribution < 1.29 is 4.79 Å². The van der Waals surface area contributed by atoms with Crippen molar-refractivity contribution in [3.8, 4) is 6.07 Å². The Morgan fingerprint density at radius 1 is 1.63 bits per heavy atom. The molecule has 1 rings (SSSR count). The molecule has 102 valence electrons. The smallest absolute Gasteiger partial charge is 0.321 e. The Morgan fingerprint density at radius 2 is 2.32 bits per heavy atom. The summed E-state index contributed by atoms with van der Waals surface area (Å²) in [6, 6.07) is 7.04. The molecule has 0 spiro atoms. The Bertz CT molecular complexity index is 501. The van der Waals surface area contributed by atoms with Crippen LogP contribution in [0.2, 0.25) is 5.02 Å². The van der Waals surface area contributed by atoms with E-state index in [4.69, 9.17) is 16.9 Å². The molecule has 0 aromatic heterocycles. The van der Waals surface area contributed by atoms with Crippen molar-refractivity contribution in [1.82, 2.24) is 4.90 Å². The van der Waals surface area contributed by atoms with Crippen LogP contribution in [0.25, 0.3) is 0 Å². The van der Waals surface area contributed by atoms with Crippen molar-refractivity contribution in [3.63, 3.8) is 0 Å². The minimum atomic E-state index is -0.250. The first-order valence-corrected chi connectivity index (χ1v) is 7.34. The topological polar surface area (TPSA) is 56.1 Å². The van der Waals surface area contributed by atoms with Crippen molar-refractivity contribution in [2.45, 2.75) is 24.3 Å². The zero-order valence-corrected chi connectivity index (χ0v) is 12.7. The maximum absolute atomic E-state index is 12.1. The largest absolute Gasteiger partial charge is 0.324 e. The van der Waals surface area contributed by atoms with E-state index < -0.39 is 0 Å². The number of carbonyl (C=O) groups excluding carboxylic acids is 1. The van der Waals surface area contributed by atoms with Crippen LogP contribution >= 0.6 is 23.4 Å². The quantitative estimate of drug-likeness (QED) is 0.859. The van der Waals surface area contributed by atoms with Crippen molar-refractivity contribution in [2.75, 3.05) is 18.6 Å². The lowest BCUT2D eigenvalue weighted by Gasteiger charge is -2.24. The summed E-state index contributed by atoms with van der Waals surface area (Å²) in [6.07, 6.45) is 2.20. The van der Waals surface area contributed by atoms with Crippen molar-refractivity contribution in [1.29, 1.82) is 5.26 Å². The van der Waals surface area contributed by atoms with E-state index in [1.807, 2.05) is 13.2 Å². The second kappa shape index (κ2) is 7.27. The molecule has 0 aliphatic heterocycles. The van der Waals surface area contributed by atoms with E-state index in [0.717, 1.165) is 4.90 Å². The number of halogens is 1. The van der Waals surface area contributed by atoms with Gasteiger partial charge in [0, 0.05) is 18.0 Å². The highest BCUT2D eigenvalue weighted by Gasteiger charge is 2.17. The number of amides is 2. The third kappa shape index (κ3) is 4.05. The van der Waals surface area contributed by atoms with Crippen LogP contribution in [-0.4, -0.2) is 30.3 Å². The van der Waals surface area contributed by atoms with Gasteiger partial charge in [0.05, 0.1) is 23.2 Å². The fraction of sp³-hybridized carbons (Fsp3) is 0.385. The Kier molecular flexibility index (Phi) is 6.00. The molecule has 0 saturated heterocycles. The predicted octanol–water partition coefficient (Wildman–Crippen LogP) is 3.83. The van der Waals surface area contributed by atoms with Gasteiger partial charge in [-0.15, -0.1) is 11.8 Å². The number of nitrogens with zero attached hydrogens (tertiary/aromatic N) is 2. The summed E-state index contributed by atoms with van der Waals surface area (Å²) in [6.45, 7) is 1.83. The predicted molar refractivity (Wildman–Crippen MR) is 79.7 cm³/mol. The third-order valence-corrected chi connectivity index (χ3v) is 4.06. The van der Waals surface area contributed by atoms with E-state index in [1.165, 1.54) is 16.7 Å². The van der Waals surface area contributed by atoms with Crippen LogP contribution < -0.4 is 5.32 Å². The number of rotatable bonds is 4. The van der Waals surface area contributed by atoms with E-state index in [1.54, 1.807) is 25.2 Å². The van der Waals surface area contributed by atoms with Gasteiger partial charge in [-0.1, -0.05) is 17.7 Å². The Hall–Kier alpha value is -1.38. The average Bonchev–Trinajstić information content (AvgIpc) is 2.38. The minimum Gasteiger partial charge on any atom is -0.324 e. The lowest BCUT2D eigenvalue weighted by Crippen LogP contribution is -2.38. The van der Waals surface area contributed by atoms with Crippen LogP contribution in [0.3, 0.4) is 0 Å². The van der Waals surface area contributed by atoms with Gasteiger partial charge >= 0.3 is 6.03 Å². The first-order valence-electron chi connectivity index (χ1n) is 5.74. The molecule has 1 aromatic carbocycles. The summed E-state index contributed by atoms with van der Waals surface area (Å²) in [5.74, 6) is 0. The molecule has 0 bridgehead atoms. The van der Waals surface area contributed by atoms with Gasteiger partial charge in [0.25, 0.3) is 0 Å². The Morgan fingerprint density at radius 3 is 2.89 bits per heavy atom. The third-order valence-electron chi connectivity index (χ3n) is 2.78. The molecule has 0 aliphatic rings. The number of hydrogen-bond acceptors (Lipinski definition) is 3. The zero-order chi connectivity index (χ0) is 14.4. The van der Waals surface area contributed by atoms with E-state index in [9.17, 15) is 4.79 Å². The molecule has 6 heteroatoms. The molecule has 1 unspecified atom stereocenters. The van der Waals surface area contributed by atoms with E-state index in [2.05, 4.69) is 11.4 Å². The summed E-state index contributed by atoms with van der Waals surface area (Å²) in [5, 5.41) is 12.1. The summed E-state index contributed by atoms with van der Waals surface area (Å²) in [5.41, 5.74) is 0.681. The molecular weight excluding hydrogens is 282 g/mol. The van der Waals surface area contributed by atoms with Gasteiger partial charge in [-0.05, 0) is 25.3 Å². The molecule has 0 heterocycles. The van der Waals surface area contributed by atoms with Crippen LogP contribution in [0.1, 0.15) is 13.3 Å². The first-order chi connectivity index (χ1) is 9.01. The van der Waals surface area contributed by atoms with Crippen LogP contribution in [0.15, 0.2) is 23.1 Å². The molecular formula is C13H16ClN3OS. The van der Waals surface area contributed by atoms with E-state index in [0.29, 0.717) is 17.1 Å². The second-order valence-corrected chi connectivity index (χ2v) is 5.30. The average molecular weight is 298 g/mol. The van der Waals surface area contributed by atoms with E-state index >= 15 is 0 Å². The van der Waals surface area contributed by atoms with Crippen molar-refractivity contribution in [3.05, 3.63) is 23.2 Å². The highest BCUT2D eigenvalue weighted by molar-refractivity contribution is 7.98. The van der Waals surface area contributed by atoms with Gasteiger partial charge in [-0.2, -0.15) is 5.26 Å². The van der Waals surface area contributed by atoms with Crippen LogP contribution in [0, 0.1) is 11.3 Å². The molecule has 19 heavy (non-hydrogen) atoms. The van der Waals surface area contributed by atoms with Gasteiger partial charge in [0.2, 0.25) is 0 Å². The number of benzene rings is 1. The molecule has 4 nitrogen and oxygen atoms in total. The Labute approximate surface area is 122 Å². The minimum absolute atomic E-state index is 0.137. The standard InChI is InChI=1S/C13H16ClN3OS/c1-9(7-8-15)17(2)13(18)16-11-6-4-5-10(14)12(11)19-3/h4-6,9H,7H2,1-3H3,(H,16,18). The number of thioether (sulfide) groups is 1. The van der Waals surface area contributed by atoms with Crippen molar-refractivity contribution in [2.24, 2.45) is 0 Å². The van der Waals surface area contributed by atoms with Gasteiger partial charge in [0.15, 0.2) is 0 Å². The molecule has 0 saturated carbocycles. The molecule has 2 amide bonds. The van der Waals surface area contributed by atoms with Crippen molar-refractivity contribution >= 4 is 35.1 Å². The maximum atomic E-state index is 12.1. The molecule has 1 aromatic rings. The SMILES string of the molecule is CSc1c(Cl)cccc1NC(=O)N(C)C(C)CC#N. The summed E-state index contributed by atoms with van der Waals surface area (Å²) in [4.78, 5) is 14.4. The maximum Gasteiger partial charge on any atom is 0.321 e. The van der Waals surface area contributed by atoms with Gasteiger partial charge in [-0.25, -0.2) is 4.79 Å². The van der Waals surface area contributed by atoms with Gasteiger partial charge in [-0.3, -0.25) is 0 Å². The highest BCUT2D eigenvalue weighted by atomic mass is 35.5. The number of hydrogen-bond donors (Lipinski definition) is 1. The van der Waals surface area contributed by atoms with Crippen LogP contribution in [-0.2, 0) is 0 Å².